The van der Waals surface area contributed by atoms with Crippen LogP contribution in [0.5, 0.6) is 0 Å². The first-order chi connectivity index (χ1) is 11.0. The summed E-state index contributed by atoms with van der Waals surface area (Å²) in [6, 6.07) is 0. The molecule has 0 aliphatic carbocycles. The molecule has 7 nitrogen and oxygen atoms in total. The first kappa shape index (κ1) is 15.7. The molecular formula is C16H22N4O3. The topological polar surface area (TPSA) is 85.3 Å². The Kier molecular flexibility index (Phi) is 4.45. The van der Waals surface area contributed by atoms with Crippen molar-refractivity contribution < 1.29 is 13.8 Å². The molecule has 3 heterocycles. The molecule has 2 aromatic rings. The molecule has 1 atom stereocenters. The second-order valence-corrected chi connectivity index (χ2v) is 6.24. The minimum atomic E-state index is 0.150. The van der Waals surface area contributed by atoms with Crippen molar-refractivity contribution in [1.29, 1.82) is 0 Å². The minimum Gasteiger partial charge on any atom is -0.361 e. The summed E-state index contributed by atoms with van der Waals surface area (Å²) in [4.78, 5) is 18.6. The van der Waals surface area contributed by atoms with E-state index in [1.54, 1.807) is 6.92 Å². The maximum absolute atomic E-state index is 12.5. The third kappa shape index (κ3) is 3.60. The van der Waals surface area contributed by atoms with Gasteiger partial charge in [-0.3, -0.25) is 4.79 Å². The number of carbonyl (C=O) groups excluding carboxylic acids is 1. The Balaban J connectivity index is 1.50. The standard InChI is InChI=1S/C16H22N4O3/c1-10-14(11(2)22-18-10)8-16(21)20-7-6-13(9-20)4-5-15-17-12(3)23-19-15/h13H,4-9H2,1-3H3. The third-order valence-corrected chi connectivity index (χ3v) is 4.49. The van der Waals surface area contributed by atoms with Gasteiger partial charge in [-0.2, -0.15) is 4.98 Å². The molecule has 0 saturated carbocycles. The highest BCUT2D eigenvalue weighted by Gasteiger charge is 2.27. The summed E-state index contributed by atoms with van der Waals surface area (Å²) in [6.45, 7) is 7.14. The van der Waals surface area contributed by atoms with Crippen LogP contribution >= 0.6 is 0 Å². The number of carbonyl (C=O) groups is 1. The highest BCUT2D eigenvalue weighted by Crippen LogP contribution is 2.23. The zero-order chi connectivity index (χ0) is 16.4. The summed E-state index contributed by atoms with van der Waals surface area (Å²) in [5, 5.41) is 7.82. The zero-order valence-corrected chi connectivity index (χ0v) is 13.8. The van der Waals surface area contributed by atoms with Crippen LogP contribution in [0.4, 0.5) is 0 Å². The van der Waals surface area contributed by atoms with Crippen molar-refractivity contribution in [2.45, 2.75) is 46.5 Å². The molecule has 0 spiro atoms. The van der Waals surface area contributed by atoms with Crippen LogP contribution in [0.1, 0.15) is 41.6 Å². The van der Waals surface area contributed by atoms with E-state index < -0.39 is 0 Å². The molecule has 0 radical (unpaired) electrons. The molecular weight excluding hydrogens is 296 g/mol. The number of hydrogen-bond donors (Lipinski definition) is 0. The van der Waals surface area contributed by atoms with Crippen molar-refractivity contribution in [3.63, 3.8) is 0 Å². The fraction of sp³-hybridized carbons (Fsp3) is 0.625. The van der Waals surface area contributed by atoms with Gasteiger partial charge in [0.15, 0.2) is 5.82 Å². The molecule has 3 rings (SSSR count). The monoisotopic (exact) mass is 318 g/mol. The minimum absolute atomic E-state index is 0.150. The lowest BCUT2D eigenvalue weighted by molar-refractivity contribution is -0.129. The van der Waals surface area contributed by atoms with E-state index in [2.05, 4.69) is 15.3 Å². The molecule has 7 heteroatoms. The molecule has 1 unspecified atom stereocenters. The van der Waals surface area contributed by atoms with E-state index in [4.69, 9.17) is 9.05 Å². The van der Waals surface area contributed by atoms with E-state index in [1.165, 1.54) is 0 Å². The van der Waals surface area contributed by atoms with Gasteiger partial charge in [-0.15, -0.1) is 0 Å². The van der Waals surface area contributed by atoms with Gasteiger partial charge < -0.3 is 13.9 Å². The normalized spacial score (nSPS) is 17.9. The summed E-state index contributed by atoms with van der Waals surface area (Å²) >= 11 is 0. The molecule has 2 aromatic heterocycles. The molecule has 124 valence electrons. The lowest BCUT2D eigenvalue weighted by Crippen LogP contribution is -2.30. The van der Waals surface area contributed by atoms with Gasteiger partial charge in [0.05, 0.1) is 12.1 Å². The van der Waals surface area contributed by atoms with E-state index in [0.717, 1.165) is 55.2 Å². The van der Waals surface area contributed by atoms with E-state index in [-0.39, 0.29) is 5.91 Å². The Hall–Kier alpha value is -2.18. The van der Waals surface area contributed by atoms with Gasteiger partial charge in [0.25, 0.3) is 0 Å². The summed E-state index contributed by atoms with van der Waals surface area (Å²) in [5.41, 5.74) is 1.72. The van der Waals surface area contributed by atoms with Crippen LogP contribution in [0.25, 0.3) is 0 Å². The second-order valence-electron chi connectivity index (χ2n) is 6.24. The average molecular weight is 318 g/mol. The highest BCUT2D eigenvalue weighted by atomic mass is 16.5. The summed E-state index contributed by atoms with van der Waals surface area (Å²) in [6.07, 6.45) is 3.18. The van der Waals surface area contributed by atoms with Crippen LogP contribution in [-0.2, 0) is 17.6 Å². The third-order valence-electron chi connectivity index (χ3n) is 4.49. The van der Waals surface area contributed by atoms with Crippen LogP contribution in [0, 0.1) is 26.7 Å². The summed E-state index contributed by atoms with van der Waals surface area (Å²) in [7, 11) is 0. The molecule has 23 heavy (non-hydrogen) atoms. The summed E-state index contributed by atoms with van der Waals surface area (Å²) < 4.78 is 10.1. The molecule has 1 aliphatic heterocycles. The smallest absolute Gasteiger partial charge is 0.227 e. The largest absolute Gasteiger partial charge is 0.361 e. The Bertz CT molecular complexity index is 672. The molecule has 1 amide bonds. The maximum Gasteiger partial charge on any atom is 0.227 e. The van der Waals surface area contributed by atoms with E-state index in [1.807, 2.05) is 18.7 Å². The van der Waals surface area contributed by atoms with Gasteiger partial charge in [-0.05, 0) is 32.6 Å². The number of rotatable bonds is 5. The molecule has 1 saturated heterocycles. The van der Waals surface area contributed by atoms with Gasteiger partial charge in [0, 0.05) is 32.0 Å². The SMILES string of the molecule is Cc1nc(CCC2CCN(C(=O)Cc3c(C)noc3C)C2)no1. The Morgan fingerprint density at radius 2 is 2.09 bits per heavy atom. The summed E-state index contributed by atoms with van der Waals surface area (Å²) in [5.74, 6) is 2.74. The molecule has 0 N–H and O–H groups in total. The number of hydrogen-bond acceptors (Lipinski definition) is 6. The van der Waals surface area contributed by atoms with Crippen LogP contribution in [0.3, 0.4) is 0 Å². The number of aromatic nitrogens is 3. The van der Waals surface area contributed by atoms with Gasteiger partial charge in [0.1, 0.15) is 5.76 Å². The lowest BCUT2D eigenvalue weighted by Gasteiger charge is -2.16. The van der Waals surface area contributed by atoms with Gasteiger partial charge in [0.2, 0.25) is 11.8 Å². The number of amides is 1. The average Bonchev–Trinajstić information content (AvgIpc) is 3.22. The van der Waals surface area contributed by atoms with Gasteiger partial charge in [-0.1, -0.05) is 10.3 Å². The number of likely N-dealkylation sites (tertiary alicyclic amines) is 1. The zero-order valence-electron chi connectivity index (χ0n) is 13.8. The van der Waals surface area contributed by atoms with Gasteiger partial charge >= 0.3 is 0 Å². The van der Waals surface area contributed by atoms with Crippen LogP contribution < -0.4 is 0 Å². The van der Waals surface area contributed by atoms with E-state index in [9.17, 15) is 4.79 Å². The fourth-order valence-corrected chi connectivity index (χ4v) is 3.09. The van der Waals surface area contributed by atoms with E-state index >= 15 is 0 Å². The molecule has 1 aliphatic rings. The van der Waals surface area contributed by atoms with Crippen molar-refractivity contribution in [2.24, 2.45) is 5.92 Å². The molecule has 0 aromatic carbocycles. The quantitative estimate of drug-likeness (QED) is 0.838. The Morgan fingerprint density at radius 1 is 1.26 bits per heavy atom. The fourth-order valence-electron chi connectivity index (χ4n) is 3.09. The van der Waals surface area contributed by atoms with Crippen molar-refractivity contribution >= 4 is 5.91 Å². The Morgan fingerprint density at radius 3 is 2.74 bits per heavy atom. The van der Waals surface area contributed by atoms with Crippen LogP contribution in [0.2, 0.25) is 0 Å². The highest BCUT2D eigenvalue weighted by molar-refractivity contribution is 5.79. The molecule has 1 fully saturated rings. The van der Waals surface area contributed by atoms with Crippen LogP contribution in [0.15, 0.2) is 9.05 Å². The lowest BCUT2D eigenvalue weighted by atomic mass is 10.0. The number of nitrogens with zero attached hydrogens (tertiary/aromatic N) is 4. The predicted molar refractivity (Wildman–Crippen MR) is 81.7 cm³/mol. The first-order valence-electron chi connectivity index (χ1n) is 8.01. The van der Waals surface area contributed by atoms with Crippen LogP contribution in [-0.4, -0.2) is 39.2 Å². The number of aryl methyl sites for hydroxylation is 4. The van der Waals surface area contributed by atoms with E-state index in [0.29, 0.717) is 18.2 Å². The first-order valence-corrected chi connectivity index (χ1v) is 8.01. The van der Waals surface area contributed by atoms with Crippen molar-refractivity contribution in [3.8, 4) is 0 Å². The predicted octanol–water partition coefficient (Wildman–Crippen LogP) is 2.01. The van der Waals surface area contributed by atoms with Gasteiger partial charge in [-0.25, -0.2) is 0 Å². The maximum atomic E-state index is 12.5. The Labute approximate surface area is 135 Å². The van der Waals surface area contributed by atoms with Crippen molar-refractivity contribution in [1.82, 2.24) is 20.2 Å². The van der Waals surface area contributed by atoms with Crippen molar-refractivity contribution in [2.75, 3.05) is 13.1 Å². The second kappa shape index (κ2) is 6.52. The van der Waals surface area contributed by atoms with Crippen molar-refractivity contribution in [3.05, 3.63) is 28.7 Å². The molecule has 0 bridgehead atoms.